The van der Waals surface area contributed by atoms with Crippen molar-refractivity contribution in [2.24, 2.45) is 11.5 Å². The van der Waals surface area contributed by atoms with Crippen molar-refractivity contribution >= 4 is 62.3 Å². The van der Waals surface area contributed by atoms with E-state index >= 15 is 0 Å². The Morgan fingerprint density at radius 1 is 0.964 bits per heavy atom. The number of nitrogens with two attached hydrogens (primary N) is 2. The molecule has 0 fully saturated rings. The van der Waals surface area contributed by atoms with Crippen LogP contribution in [0.15, 0.2) is 42.5 Å². The third-order valence-corrected chi connectivity index (χ3v) is 5.11. The molecule has 2 rings (SSSR count). The number of hydrogen-bond donors (Lipinski definition) is 4. The molecular weight excluding hydrogens is 466 g/mol. The van der Waals surface area contributed by atoms with E-state index in [2.05, 4.69) is 0 Å². The number of amidine groups is 2. The Balaban J connectivity index is 0.00000392. The van der Waals surface area contributed by atoms with E-state index in [-0.39, 0.29) is 50.1 Å². The quantitative estimate of drug-likeness (QED) is 0.153. The van der Waals surface area contributed by atoms with Gasteiger partial charge in [0.05, 0.1) is 4.92 Å². The summed E-state index contributed by atoms with van der Waals surface area (Å²) in [4.78, 5) is 23.7. The van der Waals surface area contributed by atoms with Crippen LogP contribution in [0.1, 0.15) is 27.0 Å². The van der Waals surface area contributed by atoms with Gasteiger partial charge in [0, 0.05) is 34.8 Å². The Hall–Kier alpha value is -2.37. The third kappa shape index (κ3) is 6.36. The smallest absolute Gasteiger partial charge is 0.270 e. The highest BCUT2D eigenvalue weighted by Crippen LogP contribution is 2.26. The minimum absolute atomic E-state index is 0. The zero-order valence-corrected chi connectivity index (χ0v) is 17.9. The summed E-state index contributed by atoms with van der Waals surface area (Å²) >= 11 is 2.12. The molecule has 0 aliphatic rings. The molecule has 0 aliphatic carbocycles. The van der Waals surface area contributed by atoms with Crippen molar-refractivity contribution in [1.82, 2.24) is 0 Å². The number of nitrogens with zero attached hydrogens (tertiary/aromatic N) is 1. The number of nitro benzene ring substituents is 1. The van der Waals surface area contributed by atoms with Gasteiger partial charge < -0.3 is 11.5 Å². The summed E-state index contributed by atoms with van der Waals surface area (Å²) in [7, 11) is 0. The van der Waals surface area contributed by atoms with Gasteiger partial charge in [0.2, 0.25) is 0 Å². The van der Waals surface area contributed by atoms with Crippen LogP contribution < -0.4 is 11.5 Å². The fraction of sp³-hybridized carbons (Fsp3) is 0.118. The molecule has 0 aliphatic heterocycles. The SMILES string of the molecule is Br.N=C(N)SCc1ccccc1C(=O)c1cc([N+](=O)[O-])ccc1CSC(=N)N. The van der Waals surface area contributed by atoms with Gasteiger partial charge in [-0.05, 0) is 11.1 Å². The lowest BCUT2D eigenvalue weighted by atomic mass is 9.95. The molecule has 0 spiro atoms. The number of rotatable bonds is 7. The molecule has 11 heteroatoms. The molecule has 0 aromatic heterocycles. The number of hydrogen-bond acceptors (Lipinski definition) is 7. The van der Waals surface area contributed by atoms with Crippen LogP contribution in [0.2, 0.25) is 0 Å². The van der Waals surface area contributed by atoms with Crippen LogP contribution in [0.25, 0.3) is 0 Å². The van der Waals surface area contributed by atoms with Gasteiger partial charge in [-0.3, -0.25) is 25.7 Å². The zero-order valence-electron chi connectivity index (χ0n) is 14.5. The topological polar surface area (TPSA) is 160 Å². The first-order chi connectivity index (χ1) is 12.8. The van der Waals surface area contributed by atoms with Gasteiger partial charge in [0.15, 0.2) is 16.1 Å². The molecule has 2 aromatic carbocycles. The molecule has 8 nitrogen and oxygen atoms in total. The number of thioether (sulfide) groups is 2. The van der Waals surface area contributed by atoms with Crippen LogP contribution in [0.5, 0.6) is 0 Å². The summed E-state index contributed by atoms with van der Waals surface area (Å²) in [5.74, 6) is 0.222. The van der Waals surface area contributed by atoms with Crippen molar-refractivity contribution in [3.05, 3.63) is 74.8 Å². The monoisotopic (exact) mass is 483 g/mol. The van der Waals surface area contributed by atoms with Crippen molar-refractivity contribution in [1.29, 1.82) is 10.8 Å². The van der Waals surface area contributed by atoms with Gasteiger partial charge in [0.1, 0.15) is 0 Å². The van der Waals surface area contributed by atoms with Gasteiger partial charge in [0.25, 0.3) is 5.69 Å². The molecule has 0 heterocycles. The second-order valence-corrected chi connectivity index (χ2v) is 7.43. The standard InChI is InChI=1S/C17H17N5O3S2.BrH/c18-16(19)26-8-10-3-1-2-4-13(10)15(23)14-7-12(22(24)25)6-5-11(14)9-27-17(20)21;/h1-7H,8-9H2,(H3,18,19)(H3,20,21);1H. The lowest BCUT2D eigenvalue weighted by molar-refractivity contribution is -0.384. The normalized spacial score (nSPS) is 10.0. The second-order valence-electron chi connectivity index (χ2n) is 5.39. The Morgan fingerprint density at radius 2 is 1.50 bits per heavy atom. The number of benzene rings is 2. The van der Waals surface area contributed by atoms with E-state index in [1.165, 1.54) is 18.2 Å². The summed E-state index contributed by atoms with van der Waals surface area (Å²) in [6, 6.07) is 10.9. The van der Waals surface area contributed by atoms with Crippen molar-refractivity contribution in [3.63, 3.8) is 0 Å². The number of non-ortho nitro benzene ring substituents is 1. The average molecular weight is 484 g/mol. The van der Waals surface area contributed by atoms with Crippen molar-refractivity contribution < 1.29 is 9.72 Å². The zero-order chi connectivity index (χ0) is 20.0. The summed E-state index contributed by atoms with van der Waals surface area (Å²) in [6.07, 6.45) is 0. The van der Waals surface area contributed by atoms with Gasteiger partial charge in [-0.1, -0.05) is 53.9 Å². The Morgan fingerprint density at radius 3 is 2.04 bits per heavy atom. The Bertz CT molecular complexity index is 923. The van der Waals surface area contributed by atoms with E-state index in [9.17, 15) is 14.9 Å². The number of ketones is 1. The van der Waals surface area contributed by atoms with Crippen molar-refractivity contribution in [2.45, 2.75) is 11.5 Å². The maximum Gasteiger partial charge on any atom is 0.270 e. The Labute approximate surface area is 180 Å². The van der Waals surface area contributed by atoms with Gasteiger partial charge >= 0.3 is 0 Å². The van der Waals surface area contributed by atoms with Crippen LogP contribution in [-0.2, 0) is 11.5 Å². The molecule has 0 atom stereocenters. The molecule has 0 bridgehead atoms. The molecule has 0 saturated carbocycles. The van der Waals surface area contributed by atoms with Gasteiger partial charge in [-0.25, -0.2) is 0 Å². The first kappa shape index (κ1) is 23.7. The molecule has 28 heavy (non-hydrogen) atoms. The molecule has 6 N–H and O–H groups in total. The van der Waals surface area contributed by atoms with Crippen LogP contribution in [-0.4, -0.2) is 21.0 Å². The van der Waals surface area contributed by atoms with Gasteiger partial charge in [-0.15, -0.1) is 17.0 Å². The fourth-order valence-electron chi connectivity index (χ4n) is 2.34. The van der Waals surface area contributed by atoms with Crippen LogP contribution in [0.3, 0.4) is 0 Å². The highest BCUT2D eigenvalue weighted by molar-refractivity contribution is 8.93. The van der Waals surface area contributed by atoms with E-state index in [4.69, 9.17) is 22.3 Å². The maximum atomic E-state index is 13.1. The Kier molecular flexibility index (Phi) is 9.16. The molecule has 2 aromatic rings. The predicted molar refractivity (Wildman–Crippen MR) is 120 cm³/mol. The fourth-order valence-corrected chi connectivity index (χ4v) is 3.46. The molecular formula is C17H18BrN5O3S2. The molecule has 0 saturated heterocycles. The predicted octanol–water partition coefficient (Wildman–Crippen LogP) is 3.66. The number of carbonyl (C=O) groups excluding carboxylic acids is 1. The van der Waals surface area contributed by atoms with E-state index in [0.29, 0.717) is 22.4 Å². The molecule has 0 amide bonds. The number of halogens is 1. The van der Waals surface area contributed by atoms with Crippen LogP contribution >= 0.6 is 40.5 Å². The molecule has 0 unspecified atom stereocenters. The maximum absolute atomic E-state index is 13.1. The molecule has 148 valence electrons. The summed E-state index contributed by atoms with van der Waals surface area (Å²) in [5, 5.41) is 25.6. The largest absolute Gasteiger partial charge is 0.379 e. The lowest BCUT2D eigenvalue weighted by Crippen LogP contribution is -2.11. The average Bonchev–Trinajstić information content (AvgIpc) is 2.64. The first-order valence-corrected chi connectivity index (χ1v) is 9.60. The number of carbonyl (C=O) groups is 1. The summed E-state index contributed by atoms with van der Waals surface area (Å²) in [6.45, 7) is 0. The number of nitro groups is 1. The first-order valence-electron chi connectivity index (χ1n) is 7.63. The number of nitrogens with one attached hydrogen (secondary N) is 2. The van der Waals surface area contributed by atoms with Crippen molar-refractivity contribution in [3.8, 4) is 0 Å². The lowest BCUT2D eigenvalue weighted by Gasteiger charge is -2.12. The van der Waals surface area contributed by atoms with E-state index in [1.807, 2.05) is 0 Å². The second kappa shape index (κ2) is 10.8. The van der Waals surface area contributed by atoms with Gasteiger partial charge in [-0.2, -0.15) is 0 Å². The van der Waals surface area contributed by atoms with E-state index in [1.54, 1.807) is 24.3 Å². The highest BCUT2D eigenvalue weighted by Gasteiger charge is 2.20. The summed E-state index contributed by atoms with van der Waals surface area (Å²) in [5.41, 5.74) is 12.4. The van der Waals surface area contributed by atoms with Crippen LogP contribution in [0.4, 0.5) is 5.69 Å². The van der Waals surface area contributed by atoms with E-state index in [0.717, 1.165) is 23.5 Å². The van der Waals surface area contributed by atoms with E-state index < -0.39 is 4.92 Å². The van der Waals surface area contributed by atoms with Crippen molar-refractivity contribution in [2.75, 3.05) is 0 Å². The summed E-state index contributed by atoms with van der Waals surface area (Å²) < 4.78 is 0. The minimum Gasteiger partial charge on any atom is -0.379 e. The molecule has 0 radical (unpaired) electrons. The third-order valence-electron chi connectivity index (χ3n) is 3.58. The highest BCUT2D eigenvalue weighted by atomic mass is 79.9. The van der Waals surface area contributed by atoms with Crippen LogP contribution in [0, 0.1) is 20.9 Å². The minimum atomic E-state index is -0.559.